The highest BCUT2D eigenvalue weighted by Crippen LogP contribution is 2.63. The van der Waals surface area contributed by atoms with Crippen LogP contribution >= 0.6 is 0 Å². The van der Waals surface area contributed by atoms with Crippen molar-refractivity contribution in [1.29, 1.82) is 0 Å². The minimum Gasteiger partial charge on any atom is -0.455 e. The maximum atomic E-state index is 6.63. The van der Waals surface area contributed by atoms with Crippen LogP contribution in [0.1, 0.15) is 22.3 Å². The number of furan rings is 1. The van der Waals surface area contributed by atoms with E-state index < -0.39 is 5.41 Å². The molecule has 0 unspecified atom stereocenters. The monoisotopic (exact) mass is 901 g/mol. The maximum absolute atomic E-state index is 6.63. The Hall–Kier alpha value is -9.24. The van der Waals surface area contributed by atoms with Crippen LogP contribution in [-0.4, -0.2) is 0 Å². The second-order valence-electron chi connectivity index (χ2n) is 19.1. The summed E-state index contributed by atoms with van der Waals surface area (Å²) in [6.07, 6.45) is 0. The second kappa shape index (κ2) is 15.4. The van der Waals surface area contributed by atoms with Crippen LogP contribution in [0.15, 0.2) is 265 Å². The van der Waals surface area contributed by atoms with Crippen LogP contribution < -0.4 is 4.90 Å². The molecule has 0 atom stereocenters. The smallest absolute Gasteiger partial charge is 0.143 e. The van der Waals surface area contributed by atoms with Crippen LogP contribution in [-0.2, 0) is 5.41 Å². The van der Waals surface area contributed by atoms with Gasteiger partial charge in [0, 0.05) is 33.1 Å². The van der Waals surface area contributed by atoms with Crippen molar-refractivity contribution >= 4 is 60.5 Å². The average molecular weight is 902 g/mol. The van der Waals surface area contributed by atoms with E-state index in [9.17, 15) is 0 Å². The van der Waals surface area contributed by atoms with Gasteiger partial charge in [-0.15, -0.1) is 0 Å². The molecule has 0 aliphatic heterocycles. The summed E-state index contributed by atoms with van der Waals surface area (Å²) in [6, 6.07) is 96.2. The number of fused-ring (bicyclic) bond motifs is 16. The van der Waals surface area contributed by atoms with Gasteiger partial charge in [-0.1, -0.05) is 206 Å². The lowest BCUT2D eigenvalue weighted by Gasteiger charge is -2.32. The molecule has 1 aromatic heterocycles. The van der Waals surface area contributed by atoms with Gasteiger partial charge in [-0.3, -0.25) is 0 Å². The molecule has 2 heteroatoms. The Bertz CT molecular complexity index is 4240. The van der Waals surface area contributed by atoms with Crippen LogP contribution in [0.3, 0.4) is 0 Å². The average Bonchev–Trinajstić information content (AvgIpc) is 4.07. The van der Waals surface area contributed by atoms with Crippen LogP contribution in [0.25, 0.3) is 99.1 Å². The molecule has 0 bridgehead atoms. The number of rotatable bonds is 6. The zero-order valence-corrected chi connectivity index (χ0v) is 38.7. The zero-order chi connectivity index (χ0) is 46.6. The van der Waals surface area contributed by atoms with Gasteiger partial charge in [-0.25, -0.2) is 0 Å². The minimum absolute atomic E-state index is 0.475. The molecule has 1 heterocycles. The van der Waals surface area contributed by atoms with Crippen molar-refractivity contribution in [3.05, 3.63) is 283 Å². The molecule has 330 valence electrons. The van der Waals surface area contributed by atoms with E-state index >= 15 is 0 Å². The van der Waals surface area contributed by atoms with Gasteiger partial charge in [0.2, 0.25) is 0 Å². The van der Waals surface area contributed by atoms with Gasteiger partial charge in [-0.2, -0.15) is 0 Å². The molecular weight excluding hydrogens is 859 g/mol. The van der Waals surface area contributed by atoms with E-state index in [1.165, 1.54) is 77.4 Å². The van der Waals surface area contributed by atoms with Gasteiger partial charge >= 0.3 is 0 Å². The van der Waals surface area contributed by atoms with Gasteiger partial charge in [0.05, 0.1) is 11.1 Å². The molecule has 15 rings (SSSR count). The van der Waals surface area contributed by atoms with E-state index in [0.717, 1.165) is 61.1 Å². The summed E-state index contributed by atoms with van der Waals surface area (Å²) in [5.41, 5.74) is 22.1. The third-order valence-corrected chi connectivity index (χ3v) is 15.5. The summed E-state index contributed by atoms with van der Waals surface area (Å²) in [5, 5.41) is 7.03. The SMILES string of the molecule is c1cc(-c2ccc(N(c3ccc4c(c3)C3(c5ccccc5-c5ccccc53)c3ccccc3-4)c3ccccc3-c3ccc4oc5c6ccccc6ccc5c4c3)cc2)cc(-c2cccc3ccccc23)c1. The molecule has 0 fully saturated rings. The fourth-order valence-electron chi connectivity index (χ4n) is 12.4. The van der Waals surface area contributed by atoms with Crippen molar-refractivity contribution < 1.29 is 4.42 Å². The maximum Gasteiger partial charge on any atom is 0.143 e. The Morgan fingerprint density at radius 2 is 0.817 bits per heavy atom. The molecule has 0 N–H and O–H groups in total. The molecule has 1 spiro atoms. The highest BCUT2D eigenvalue weighted by Gasteiger charge is 2.51. The first-order valence-corrected chi connectivity index (χ1v) is 24.6. The van der Waals surface area contributed by atoms with E-state index in [2.05, 4.69) is 266 Å². The summed E-state index contributed by atoms with van der Waals surface area (Å²) < 4.78 is 6.63. The summed E-state index contributed by atoms with van der Waals surface area (Å²) >= 11 is 0. The van der Waals surface area contributed by atoms with E-state index in [0.29, 0.717) is 0 Å². The van der Waals surface area contributed by atoms with Gasteiger partial charge < -0.3 is 9.32 Å². The lowest BCUT2D eigenvalue weighted by atomic mass is 9.70. The summed E-state index contributed by atoms with van der Waals surface area (Å²) in [5.74, 6) is 0. The van der Waals surface area contributed by atoms with Crippen molar-refractivity contribution in [2.24, 2.45) is 0 Å². The summed E-state index contributed by atoms with van der Waals surface area (Å²) in [4.78, 5) is 2.47. The Kier molecular flexibility index (Phi) is 8.61. The Balaban J connectivity index is 0.926. The number of nitrogens with zero attached hydrogens (tertiary/aromatic N) is 1. The number of hydrogen-bond acceptors (Lipinski definition) is 2. The lowest BCUT2D eigenvalue weighted by Crippen LogP contribution is -2.26. The second-order valence-corrected chi connectivity index (χ2v) is 19.1. The van der Waals surface area contributed by atoms with Crippen molar-refractivity contribution in [2.75, 3.05) is 4.90 Å². The van der Waals surface area contributed by atoms with Crippen molar-refractivity contribution in [3.63, 3.8) is 0 Å². The number of benzene rings is 12. The fourth-order valence-corrected chi connectivity index (χ4v) is 12.4. The highest BCUT2D eigenvalue weighted by atomic mass is 16.3. The Morgan fingerprint density at radius 3 is 1.56 bits per heavy atom. The first kappa shape index (κ1) is 39.7. The molecule has 2 aliphatic carbocycles. The molecule has 2 nitrogen and oxygen atoms in total. The van der Waals surface area contributed by atoms with Crippen LogP contribution in [0, 0.1) is 0 Å². The quantitative estimate of drug-likeness (QED) is 0.165. The van der Waals surface area contributed by atoms with Gasteiger partial charge in [0.25, 0.3) is 0 Å². The topological polar surface area (TPSA) is 16.4 Å². The largest absolute Gasteiger partial charge is 0.455 e. The molecule has 12 aromatic carbocycles. The standard InChI is InChI=1S/C69H43NO/c1-3-20-52-45(15-1)17-14-26-53(52)48-19-13-18-47(41-48)44-31-35-50(36-32-44)70(66-30-12-8-21-54(66)49-34-40-67-61(42-49)60-38-33-46-16-2-4-22-55(46)68(60)71-67)51-37-39-59-58-25-7-11-29-64(58)69(65(59)43-51)62-27-9-5-23-56(62)57-24-6-10-28-63(57)69/h1-43H. The molecule has 0 radical (unpaired) electrons. The van der Waals surface area contributed by atoms with E-state index in [-0.39, 0.29) is 0 Å². The normalized spacial score (nSPS) is 12.9. The first-order valence-electron chi connectivity index (χ1n) is 24.6. The highest BCUT2D eigenvalue weighted by molar-refractivity contribution is 6.16. The van der Waals surface area contributed by atoms with Crippen molar-refractivity contribution in [3.8, 4) is 55.6 Å². The number of anilines is 3. The predicted octanol–water partition coefficient (Wildman–Crippen LogP) is 18.7. The van der Waals surface area contributed by atoms with Crippen molar-refractivity contribution in [1.82, 2.24) is 0 Å². The van der Waals surface area contributed by atoms with Crippen LogP contribution in [0.4, 0.5) is 17.1 Å². The van der Waals surface area contributed by atoms with Gasteiger partial charge in [0.15, 0.2) is 0 Å². The van der Waals surface area contributed by atoms with Crippen LogP contribution in [0.5, 0.6) is 0 Å². The van der Waals surface area contributed by atoms with E-state index in [4.69, 9.17) is 4.42 Å². The van der Waals surface area contributed by atoms with Crippen LogP contribution in [0.2, 0.25) is 0 Å². The lowest BCUT2D eigenvalue weighted by molar-refractivity contribution is 0.672. The molecule has 0 saturated carbocycles. The first-order chi connectivity index (χ1) is 35.2. The molecule has 71 heavy (non-hydrogen) atoms. The Morgan fingerprint density at radius 1 is 0.282 bits per heavy atom. The predicted molar refractivity (Wildman–Crippen MR) is 296 cm³/mol. The summed E-state index contributed by atoms with van der Waals surface area (Å²) in [6.45, 7) is 0. The van der Waals surface area contributed by atoms with E-state index in [1.807, 2.05) is 0 Å². The molecule has 2 aliphatic rings. The molecule has 0 saturated heterocycles. The molecular formula is C69H43NO. The third-order valence-electron chi connectivity index (χ3n) is 15.5. The van der Waals surface area contributed by atoms with Crippen molar-refractivity contribution in [2.45, 2.75) is 5.41 Å². The number of para-hydroxylation sites is 1. The molecule has 0 amide bonds. The number of hydrogen-bond donors (Lipinski definition) is 0. The minimum atomic E-state index is -0.475. The van der Waals surface area contributed by atoms with E-state index in [1.54, 1.807) is 0 Å². The van der Waals surface area contributed by atoms with Gasteiger partial charge in [-0.05, 0) is 143 Å². The van der Waals surface area contributed by atoms with Gasteiger partial charge in [0.1, 0.15) is 11.2 Å². The third kappa shape index (κ3) is 5.83. The fraction of sp³-hybridized carbons (Fsp3) is 0.0145. The summed E-state index contributed by atoms with van der Waals surface area (Å²) in [7, 11) is 0. The Labute approximate surface area is 412 Å². The zero-order valence-electron chi connectivity index (χ0n) is 38.7. The molecule has 13 aromatic rings.